The van der Waals surface area contributed by atoms with Crippen LogP contribution in [0.2, 0.25) is 0 Å². The molecule has 5 heteroatoms. The highest BCUT2D eigenvalue weighted by atomic mass is 16.3. The molecule has 0 spiro atoms. The van der Waals surface area contributed by atoms with Crippen molar-refractivity contribution in [2.24, 2.45) is 0 Å². The van der Waals surface area contributed by atoms with E-state index < -0.39 is 5.60 Å². The lowest BCUT2D eigenvalue weighted by molar-refractivity contribution is 0.0944. The molecule has 0 aromatic carbocycles. The van der Waals surface area contributed by atoms with Crippen molar-refractivity contribution < 1.29 is 5.11 Å². The Hall–Kier alpha value is -1.36. The Labute approximate surface area is 122 Å². The Balaban J connectivity index is 3.17. The molecule has 0 atom stereocenters. The first kappa shape index (κ1) is 16.7. The minimum absolute atomic E-state index is 0.122. The molecule has 0 aliphatic carbocycles. The molecule has 1 rings (SSSR count). The molecule has 0 aliphatic rings. The molecule has 5 nitrogen and oxygen atoms in total. The minimum Gasteiger partial charge on any atom is -0.389 e. The van der Waals surface area contributed by atoms with Gasteiger partial charge in [0.15, 0.2) is 0 Å². The quantitative estimate of drug-likeness (QED) is 0.773. The lowest BCUT2D eigenvalue weighted by atomic mass is 9.95. The molecule has 0 bridgehead atoms. The second-order valence-corrected chi connectivity index (χ2v) is 6.82. The van der Waals surface area contributed by atoms with E-state index in [1.807, 2.05) is 13.8 Å². The number of nitrogens with zero attached hydrogens (tertiary/aromatic N) is 2. The van der Waals surface area contributed by atoms with Gasteiger partial charge in [-0.3, -0.25) is 0 Å². The average molecular weight is 280 g/mol. The Kier molecular flexibility index (Phi) is 4.97. The summed E-state index contributed by atoms with van der Waals surface area (Å²) in [5.74, 6) is 2.42. The molecule has 0 amide bonds. The fourth-order valence-electron chi connectivity index (χ4n) is 1.66. The van der Waals surface area contributed by atoms with Crippen LogP contribution in [-0.4, -0.2) is 33.8 Å². The van der Waals surface area contributed by atoms with Gasteiger partial charge in [0.25, 0.3) is 0 Å². The fourth-order valence-corrected chi connectivity index (χ4v) is 1.66. The first-order valence-corrected chi connectivity index (χ1v) is 7.14. The normalized spacial score (nSPS) is 12.4. The second kappa shape index (κ2) is 5.95. The van der Waals surface area contributed by atoms with Crippen LogP contribution in [-0.2, 0) is 5.41 Å². The van der Waals surface area contributed by atoms with Gasteiger partial charge in [-0.2, -0.15) is 0 Å². The third kappa shape index (κ3) is 4.63. The van der Waals surface area contributed by atoms with Gasteiger partial charge in [0.2, 0.25) is 0 Å². The van der Waals surface area contributed by atoms with E-state index in [4.69, 9.17) is 0 Å². The zero-order valence-corrected chi connectivity index (χ0v) is 13.8. The number of aliphatic hydroxyl groups is 1. The lowest BCUT2D eigenvalue weighted by Crippen LogP contribution is -2.30. The van der Waals surface area contributed by atoms with Gasteiger partial charge in [0.1, 0.15) is 17.5 Å². The summed E-state index contributed by atoms with van der Waals surface area (Å²) in [6, 6.07) is 0. The molecule has 0 radical (unpaired) electrons. The topological polar surface area (TPSA) is 70.1 Å². The van der Waals surface area contributed by atoms with Gasteiger partial charge in [-0.05, 0) is 27.7 Å². The summed E-state index contributed by atoms with van der Waals surface area (Å²) in [6.45, 7) is 15.1. The van der Waals surface area contributed by atoms with Crippen LogP contribution in [0, 0.1) is 6.92 Å². The van der Waals surface area contributed by atoms with Crippen molar-refractivity contribution in [2.75, 3.05) is 23.7 Å². The van der Waals surface area contributed by atoms with Crippen LogP contribution in [0.25, 0.3) is 0 Å². The summed E-state index contributed by atoms with van der Waals surface area (Å²) < 4.78 is 0. The lowest BCUT2D eigenvalue weighted by Gasteiger charge is -2.23. The maximum atomic E-state index is 9.85. The van der Waals surface area contributed by atoms with Crippen LogP contribution in [0.5, 0.6) is 0 Å². The molecule has 114 valence electrons. The summed E-state index contributed by atoms with van der Waals surface area (Å²) in [5.41, 5.74) is 0.0739. The van der Waals surface area contributed by atoms with E-state index in [-0.39, 0.29) is 5.41 Å². The van der Waals surface area contributed by atoms with Gasteiger partial charge >= 0.3 is 0 Å². The Morgan fingerprint density at radius 3 is 1.90 bits per heavy atom. The van der Waals surface area contributed by atoms with Gasteiger partial charge in [-0.25, -0.2) is 9.97 Å². The molecule has 0 saturated carbocycles. The largest absolute Gasteiger partial charge is 0.389 e. The SMILES string of the molecule is CCNc1nc(C(C)(C)C)nc(NCC(C)(C)O)c1C. The zero-order valence-electron chi connectivity index (χ0n) is 13.8. The van der Waals surface area contributed by atoms with Gasteiger partial charge in [0, 0.05) is 24.1 Å². The Bertz CT molecular complexity index is 458. The molecule has 1 heterocycles. The number of rotatable bonds is 5. The van der Waals surface area contributed by atoms with Crippen LogP contribution >= 0.6 is 0 Å². The predicted octanol–water partition coefficient (Wildman–Crippen LogP) is 2.70. The molecule has 0 fully saturated rings. The van der Waals surface area contributed by atoms with Crippen molar-refractivity contribution in [2.45, 2.75) is 59.5 Å². The third-order valence-corrected chi connectivity index (χ3v) is 2.85. The molecule has 0 aliphatic heterocycles. The molecule has 20 heavy (non-hydrogen) atoms. The standard InChI is InChI=1S/C15H28N4O/c1-8-16-11-10(2)12(17-9-15(6,7)20)19-13(18-11)14(3,4)5/h20H,8-9H2,1-7H3,(H2,16,17,18,19). The number of hydrogen-bond donors (Lipinski definition) is 3. The minimum atomic E-state index is -0.780. The summed E-state index contributed by atoms with van der Waals surface area (Å²) in [6.07, 6.45) is 0. The summed E-state index contributed by atoms with van der Waals surface area (Å²) in [4.78, 5) is 9.23. The predicted molar refractivity (Wildman–Crippen MR) is 84.4 cm³/mol. The molecular weight excluding hydrogens is 252 g/mol. The van der Waals surface area contributed by atoms with Crippen molar-refractivity contribution in [1.29, 1.82) is 0 Å². The third-order valence-electron chi connectivity index (χ3n) is 2.85. The Morgan fingerprint density at radius 1 is 1.00 bits per heavy atom. The number of nitrogens with one attached hydrogen (secondary N) is 2. The van der Waals surface area contributed by atoms with E-state index in [9.17, 15) is 5.11 Å². The average Bonchev–Trinajstić information content (AvgIpc) is 2.27. The smallest absolute Gasteiger partial charge is 0.138 e. The molecule has 0 unspecified atom stereocenters. The van der Waals surface area contributed by atoms with Crippen molar-refractivity contribution in [1.82, 2.24) is 9.97 Å². The number of hydrogen-bond acceptors (Lipinski definition) is 5. The molecular formula is C15H28N4O. The first-order chi connectivity index (χ1) is 9.04. The van der Waals surface area contributed by atoms with Crippen LogP contribution in [0.1, 0.15) is 52.9 Å². The van der Waals surface area contributed by atoms with E-state index in [2.05, 4.69) is 41.4 Å². The van der Waals surface area contributed by atoms with E-state index in [0.717, 1.165) is 29.6 Å². The van der Waals surface area contributed by atoms with Gasteiger partial charge in [0.05, 0.1) is 5.60 Å². The van der Waals surface area contributed by atoms with Crippen molar-refractivity contribution >= 4 is 11.6 Å². The summed E-state index contributed by atoms with van der Waals surface area (Å²) in [5, 5.41) is 16.3. The van der Waals surface area contributed by atoms with Crippen LogP contribution in [0.15, 0.2) is 0 Å². The van der Waals surface area contributed by atoms with E-state index >= 15 is 0 Å². The molecule has 0 saturated heterocycles. The van der Waals surface area contributed by atoms with Crippen molar-refractivity contribution in [3.63, 3.8) is 0 Å². The van der Waals surface area contributed by atoms with Crippen molar-refractivity contribution in [3.05, 3.63) is 11.4 Å². The van der Waals surface area contributed by atoms with Crippen LogP contribution in [0.3, 0.4) is 0 Å². The van der Waals surface area contributed by atoms with Crippen molar-refractivity contribution in [3.8, 4) is 0 Å². The summed E-state index contributed by atoms with van der Waals surface area (Å²) in [7, 11) is 0. The van der Waals surface area contributed by atoms with Gasteiger partial charge in [-0.1, -0.05) is 20.8 Å². The van der Waals surface area contributed by atoms with Gasteiger partial charge in [-0.15, -0.1) is 0 Å². The van der Waals surface area contributed by atoms with E-state index in [1.165, 1.54) is 0 Å². The highest BCUT2D eigenvalue weighted by Gasteiger charge is 2.22. The van der Waals surface area contributed by atoms with E-state index in [0.29, 0.717) is 6.54 Å². The number of anilines is 2. The molecule has 3 N–H and O–H groups in total. The maximum Gasteiger partial charge on any atom is 0.138 e. The van der Waals surface area contributed by atoms with E-state index in [1.54, 1.807) is 13.8 Å². The monoisotopic (exact) mass is 280 g/mol. The summed E-state index contributed by atoms with van der Waals surface area (Å²) >= 11 is 0. The Morgan fingerprint density at radius 2 is 1.50 bits per heavy atom. The zero-order chi connectivity index (χ0) is 15.6. The van der Waals surface area contributed by atoms with Gasteiger partial charge < -0.3 is 15.7 Å². The maximum absolute atomic E-state index is 9.85. The molecule has 1 aromatic heterocycles. The highest BCUT2D eigenvalue weighted by molar-refractivity contribution is 5.57. The van der Waals surface area contributed by atoms with Crippen LogP contribution in [0.4, 0.5) is 11.6 Å². The van der Waals surface area contributed by atoms with Crippen LogP contribution < -0.4 is 10.6 Å². The first-order valence-electron chi connectivity index (χ1n) is 7.14. The number of aromatic nitrogens is 2. The highest BCUT2D eigenvalue weighted by Crippen LogP contribution is 2.26. The second-order valence-electron chi connectivity index (χ2n) is 6.82. The molecule has 1 aromatic rings. The fraction of sp³-hybridized carbons (Fsp3) is 0.733.